The van der Waals surface area contributed by atoms with Crippen LogP contribution in [0.2, 0.25) is 0 Å². The molecule has 3 atom stereocenters. The first-order chi connectivity index (χ1) is 11.3. The van der Waals surface area contributed by atoms with E-state index in [1.807, 2.05) is 12.1 Å². The molecule has 1 saturated heterocycles. The smallest absolute Gasteiger partial charge is 0.138 e. The first kappa shape index (κ1) is 15.1. The van der Waals surface area contributed by atoms with E-state index in [2.05, 4.69) is 27.2 Å². The lowest BCUT2D eigenvalue weighted by Gasteiger charge is -2.38. The van der Waals surface area contributed by atoms with Crippen molar-refractivity contribution in [1.29, 1.82) is 0 Å². The molecule has 0 unspecified atom stereocenters. The van der Waals surface area contributed by atoms with Crippen molar-refractivity contribution >= 4 is 11.3 Å². The number of nitrogens with zero attached hydrogens (tertiary/aromatic N) is 3. The summed E-state index contributed by atoms with van der Waals surface area (Å²) < 4.78 is 12.2. The Morgan fingerprint density at radius 1 is 1.43 bits per heavy atom. The summed E-state index contributed by atoms with van der Waals surface area (Å²) in [5, 5.41) is 3.30. The SMILES string of the molecule is Cc1nc(CN2CCO[C@@H]3[C@@H](Oc4cccnc4)CC[C@H]32)cs1. The molecule has 2 aromatic rings. The number of thiazole rings is 1. The second-order valence-corrected chi connectivity index (χ2v) is 7.22. The molecule has 23 heavy (non-hydrogen) atoms. The minimum atomic E-state index is 0.115. The molecule has 1 saturated carbocycles. The van der Waals surface area contributed by atoms with Crippen molar-refractivity contribution in [2.24, 2.45) is 0 Å². The van der Waals surface area contributed by atoms with E-state index in [1.54, 1.807) is 23.7 Å². The fourth-order valence-corrected chi connectivity index (χ4v) is 4.20. The Labute approximate surface area is 140 Å². The van der Waals surface area contributed by atoms with Crippen LogP contribution in [0.3, 0.4) is 0 Å². The van der Waals surface area contributed by atoms with E-state index >= 15 is 0 Å². The lowest BCUT2D eigenvalue weighted by Crippen LogP contribution is -2.51. The quantitative estimate of drug-likeness (QED) is 0.862. The molecule has 1 aliphatic carbocycles. The van der Waals surface area contributed by atoms with Crippen LogP contribution < -0.4 is 4.74 Å². The molecular weight excluding hydrogens is 310 g/mol. The van der Waals surface area contributed by atoms with Gasteiger partial charge in [-0.3, -0.25) is 9.88 Å². The molecule has 0 aromatic carbocycles. The molecule has 2 aliphatic rings. The van der Waals surface area contributed by atoms with Gasteiger partial charge in [0.2, 0.25) is 0 Å². The fraction of sp³-hybridized carbons (Fsp3) is 0.529. The second kappa shape index (κ2) is 6.55. The van der Waals surface area contributed by atoms with Gasteiger partial charge in [-0.15, -0.1) is 11.3 Å². The topological polar surface area (TPSA) is 47.5 Å². The van der Waals surface area contributed by atoms with Gasteiger partial charge in [0.25, 0.3) is 0 Å². The zero-order valence-corrected chi connectivity index (χ0v) is 14.0. The van der Waals surface area contributed by atoms with Gasteiger partial charge in [0, 0.05) is 30.7 Å². The molecule has 1 aliphatic heterocycles. The molecule has 2 aromatic heterocycles. The highest BCUT2D eigenvalue weighted by atomic mass is 32.1. The highest BCUT2D eigenvalue weighted by Crippen LogP contribution is 2.33. The molecule has 6 heteroatoms. The minimum Gasteiger partial charge on any atom is -0.486 e. The van der Waals surface area contributed by atoms with Gasteiger partial charge in [0.05, 0.1) is 23.5 Å². The number of morpholine rings is 1. The van der Waals surface area contributed by atoms with Crippen molar-refractivity contribution in [2.75, 3.05) is 13.2 Å². The Morgan fingerprint density at radius 2 is 2.39 bits per heavy atom. The molecule has 3 heterocycles. The number of hydrogen-bond acceptors (Lipinski definition) is 6. The van der Waals surface area contributed by atoms with Crippen LogP contribution in [0.5, 0.6) is 5.75 Å². The van der Waals surface area contributed by atoms with Crippen molar-refractivity contribution in [3.8, 4) is 5.75 Å². The lowest BCUT2D eigenvalue weighted by molar-refractivity contribution is -0.0918. The normalized spacial score (nSPS) is 27.8. The largest absolute Gasteiger partial charge is 0.486 e. The van der Waals surface area contributed by atoms with E-state index in [-0.39, 0.29) is 12.2 Å². The summed E-state index contributed by atoms with van der Waals surface area (Å²) in [6.07, 6.45) is 5.92. The van der Waals surface area contributed by atoms with Gasteiger partial charge in [0.1, 0.15) is 18.0 Å². The van der Waals surface area contributed by atoms with Gasteiger partial charge >= 0.3 is 0 Å². The van der Waals surface area contributed by atoms with E-state index in [9.17, 15) is 0 Å². The maximum atomic E-state index is 6.12. The van der Waals surface area contributed by atoms with Crippen LogP contribution in [0, 0.1) is 6.92 Å². The van der Waals surface area contributed by atoms with Crippen LogP contribution >= 0.6 is 11.3 Å². The van der Waals surface area contributed by atoms with Crippen molar-refractivity contribution < 1.29 is 9.47 Å². The molecule has 122 valence electrons. The Balaban J connectivity index is 1.43. The summed E-state index contributed by atoms with van der Waals surface area (Å²) in [5.41, 5.74) is 1.17. The summed E-state index contributed by atoms with van der Waals surface area (Å²) in [7, 11) is 0. The predicted molar refractivity (Wildman–Crippen MR) is 88.7 cm³/mol. The number of aromatic nitrogens is 2. The Kier molecular flexibility index (Phi) is 4.29. The zero-order valence-electron chi connectivity index (χ0n) is 13.2. The maximum Gasteiger partial charge on any atom is 0.138 e. The van der Waals surface area contributed by atoms with Crippen LogP contribution in [0.15, 0.2) is 29.9 Å². The third-order valence-corrected chi connectivity index (χ3v) is 5.43. The van der Waals surface area contributed by atoms with Crippen LogP contribution in [-0.4, -0.2) is 46.3 Å². The Bertz CT molecular complexity index is 648. The fourth-order valence-electron chi connectivity index (χ4n) is 3.59. The van der Waals surface area contributed by atoms with Crippen LogP contribution in [-0.2, 0) is 11.3 Å². The highest BCUT2D eigenvalue weighted by Gasteiger charge is 2.44. The lowest BCUT2D eigenvalue weighted by atomic mass is 10.1. The monoisotopic (exact) mass is 331 g/mol. The van der Waals surface area contributed by atoms with E-state index in [0.29, 0.717) is 6.04 Å². The van der Waals surface area contributed by atoms with Gasteiger partial charge in [0.15, 0.2) is 0 Å². The molecular formula is C17H21N3O2S. The molecule has 5 nitrogen and oxygen atoms in total. The molecule has 4 rings (SSSR count). The predicted octanol–water partition coefficient (Wildman–Crippen LogP) is 2.66. The molecule has 2 fully saturated rings. The van der Waals surface area contributed by atoms with Crippen LogP contribution in [0.1, 0.15) is 23.5 Å². The van der Waals surface area contributed by atoms with Gasteiger partial charge in [-0.2, -0.15) is 0 Å². The molecule has 0 bridgehead atoms. The second-order valence-electron chi connectivity index (χ2n) is 6.15. The van der Waals surface area contributed by atoms with E-state index in [0.717, 1.165) is 43.3 Å². The number of hydrogen-bond donors (Lipinski definition) is 0. The first-order valence-corrected chi connectivity index (χ1v) is 9.01. The summed E-state index contributed by atoms with van der Waals surface area (Å²) in [5.74, 6) is 0.828. The molecule has 0 radical (unpaired) electrons. The number of aryl methyl sites for hydroxylation is 1. The zero-order chi connectivity index (χ0) is 15.6. The van der Waals surface area contributed by atoms with Crippen LogP contribution in [0.4, 0.5) is 0 Å². The van der Waals surface area contributed by atoms with Crippen molar-refractivity contribution in [3.05, 3.63) is 40.6 Å². The minimum absolute atomic E-state index is 0.115. The van der Waals surface area contributed by atoms with Crippen molar-refractivity contribution in [1.82, 2.24) is 14.9 Å². The van der Waals surface area contributed by atoms with Crippen molar-refractivity contribution in [2.45, 2.75) is 44.6 Å². The van der Waals surface area contributed by atoms with Crippen LogP contribution in [0.25, 0.3) is 0 Å². The highest BCUT2D eigenvalue weighted by molar-refractivity contribution is 7.09. The summed E-state index contributed by atoms with van der Waals surface area (Å²) in [6, 6.07) is 4.28. The number of ether oxygens (including phenoxy) is 2. The van der Waals surface area contributed by atoms with Gasteiger partial charge in [-0.05, 0) is 31.9 Å². The molecule has 0 amide bonds. The maximum absolute atomic E-state index is 6.12. The standard InChI is InChI=1S/C17H21N3O2S/c1-12-19-13(11-23-12)10-20-7-8-21-17-15(20)4-5-16(17)22-14-3-2-6-18-9-14/h2-3,6,9,11,15-17H,4-5,7-8,10H2,1H3/t15-,16+,17+/m1/s1. The third kappa shape index (κ3) is 3.24. The number of rotatable bonds is 4. The van der Waals surface area contributed by atoms with Gasteiger partial charge < -0.3 is 9.47 Å². The van der Waals surface area contributed by atoms with E-state index < -0.39 is 0 Å². The summed E-state index contributed by atoms with van der Waals surface area (Å²) in [6.45, 7) is 4.70. The van der Waals surface area contributed by atoms with Gasteiger partial charge in [-0.1, -0.05) is 0 Å². The first-order valence-electron chi connectivity index (χ1n) is 8.13. The van der Waals surface area contributed by atoms with E-state index in [4.69, 9.17) is 9.47 Å². The summed E-state index contributed by atoms with van der Waals surface area (Å²) >= 11 is 1.72. The van der Waals surface area contributed by atoms with E-state index in [1.165, 1.54) is 5.69 Å². The van der Waals surface area contributed by atoms with Gasteiger partial charge in [-0.25, -0.2) is 4.98 Å². The van der Waals surface area contributed by atoms with Crippen molar-refractivity contribution in [3.63, 3.8) is 0 Å². The summed E-state index contributed by atoms with van der Waals surface area (Å²) in [4.78, 5) is 11.2. The average Bonchev–Trinajstić information content (AvgIpc) is 3.16. The Hall–Kier alpha value is -1.50. The third-order valence-electron chi connectivity index (χ3n) is 4.60. The molecule has 0 spiro atoms. The number of pyridine rings is 1. The molecule has 0 N–H and O–H groups in total. The Morgan fingerprint density at radius 3 is 3.17 bits per heavy atom. The number of fused-ring (bicyclic) bond motifs is 1. The average molecular weight is 331 g/mol.